The van der Waals surface area contributed by atoms with Crippen molar-refractivity contribution >= 4 is 0 Å². The minimum atomic E-state index is -0.557. The van der Waals surface area contributed by atoms with Crippen LogP contribution in [0.3, 0.4) is 0 Å². The zero-order valence-corrected chi connectivity index (χ0v) is 17.5. The van der Waals surface area contributed by atoms with Gasteiger partial charge in [-0.3, -0.25) is 0 Å². The second-order valence-corrected chi connectivity index (χ2v) is 7.42. The summed E-state index contributed by atoms with van der Waals surface area (Å²) in [4.78, 5) is 0. The summed E-state index contributed by atoms with van der Waals surface area (Å²) in [6.45, 7) is 0. The van der Waals surface area contributed by atoms with Crippen LogP contribution in [0.1, 0.15) is 0 Å². The van der Waals surface area contributed by atoms with E-state index in [9.17, 15) is 35.7 Å². The second kappa shape index (κ2) is 7.92. The lowest BCUT2D eigenvalue weighted by molar-refractivity contribution is 0.299. The SMILES string of the molecule is Oc1cc(O)cc(Oc2c(O)cc(O)c3c2Oc2c(O)cc(Oc4ccc(O)cc4O)cc2O3)c1. The number of phenols is 7. The van der Waals surface area contributed by atoms with Crippen LogP contribution >= 0.6 is 0 Å². The number of fused-ring (bicyclic) bond motifs is 2. The lowest BCUT2D eigenvalue weighted by Crippen LogP contribution is -2.02. The maximum absolute atomic E-state index is 10.5. The van der Waals surface area contributed by atoms with Crippen molar-refractivity contribution in [1.82, 2.24) is 0 Å². The molecule has 0 bridgehead atoms. The topological polar surface area (TPSA) is 179 Å². The van der Waals surface area contributed by atoms with Gasteiger partial charge >= 0.3 is 0 Å². The van der Waals surface area contributed by atoms with E-state index >= 15 is 0 Å². The van der Waals surface area contributed by atoms with E-state index in [1.807, 2.05) is 0 Å². The predicted molar refractivity (Wildman–Crippen MR) is 118 cm³/mol. The molecule has 4 aromatic carbocycles. The van der Waals surface area contributed by atoms with Gasteiger partial charge in [-0.05, 0) is 12.1 Å². The number of ether oxygens (including phenoxy) is 4. The summed E-state index contributed by atoms with van der Waals surface area (Å²) in [6.07, 6.45) is 0. The first-order valence-corrected chi connectivity index (χ1v) is 9.90. The van der Waals surface area contributed by atoms with E-state index in [-0.39, 0.29) is 69.0 Å². The van der Waals surface area contributed by atoms with Crippen molar-refractivity contribution in [1.29, 1.82) is 0 Å². The molecule has 0 unspecified atom stereocenters. The van der Waals surface area contributed by atoms with Crippen LogP contribution in [-0.2, 0) is 0 Å². The fourth-order valence-corrected chi connectivity index (χ4v) is 3.36. The molecular formula is C24H16O11. The Bertz CT molecular complexity index is 1460. The molecule has 0 radical (unpaired) electrons. The Labute approximate surface area is 196 Å². The van der Waals surface area contributed by atoms with Gasteiger partial charge < -0.3 is 54.7 Å². The van der Waals surface area contributed by atoms with E-state index in [0.29, 0.717) is 0 Å². The van der Waals surface area contributed by atoms with Crippen molar-refractivity contribution in [2.75, 3.05) is 0 Å². The Kier molecular flexibility index (Phi) is 4.87. The molecule has 0 atom stereocenters. The summed E-state index contributed by atoms with van der Waals surface area (Å²) in [5, 5.41) is 69.9. The number of hydrogen-bond acceptors (Lipinski definition) is 11. The highest BCUT2D eigenvalue weighted by Crippen LogP contribution is 2.60. The van der Waals surface area contributed by atoms with Crippen LogP contribution in [-0.4, -0.2) is 35.7 Å². The number of rotatable bonds is 4. The summed E-state index contributed by atoms with van der Waals surface area (Å²) in [5.74, 6) is -3.89. The third kappa shape index (κ3) is 3.97. The van der Waals surface area contributed by atoms with Crippen molar-refractivity contribution in [2.45, 2.75) is 0 Å². The Morgan fingerprint density at radius 2 is 1.17 bits per heavy atom. The molecule has 5 rings (SSSR count). The van der Waals surface area contributed by atoms with Crippen LogP contribution in [0, 0.1) is 0 Å². The van der Waals surface area contributed by atoms with Crippen molar-refractivity contribution in [2.24, 2.45) is 0 Å². The van der Waals surface area contributed by atoms with Gasteiger partial charge in [-0.1, -0.05) is 0 Å². The summed E-state index contributed by atoms with van der Waals surface area (Å²) >= 11 is 0. The summed E-state index contributed by atoms with van der Waals surface area (Å²) < 4.78 is 22.5. The van der Waals surface area contributed by atoms with Gasteiger partial charge in [0.15, 0.2) is 34.5 Å². The molecule has 1 aliphatic heterocycles. The lowest BCUT2D eigenvalue weighted by Gasteiger charge is -2.25. The smallest absolute Gasteiger partial charge is 0.220 e. The van der Waals surface area contributed by atoms with Crippen molar-refractivity contribution in [3.63, 3.8) is 0 Å². The van der Waals surface area contributed by atoms with Gasteiger partial charge in [0.25, 0.3) is 0 Å². The van der Waals surface area contributed by atoms with Crippen LogP contribution in [0.15, 0.2) is 54.6 Å². The first-order chi connectivity index (χ1) is 16.7. The van der Waals surface area contributed by atoms with Crippen LogP contribution in [0.5, 0.6) is 86.2 Å². The second-order valence-electron chi connectivity index (χ2n) is 7.42. The number of hydrogen-bond donors (Lipinski definition) is 7. The molecule has 1 aliphatic rings. The monoisotopic (exact) mass is 480 g/mol. The average Bonchev–Trinajstić information content (AvgIpc) is 2.77. The van der Waals surface area contributed by atoms with E-state index in [2.05, 4.69) is 0 Å². The highest BCUT2D eigenvalue weighted by Gasteiger charge is 2.32. The molecule has 0 spiro atoms. The molecule has 11 nitrogen and oxygen atoms in total. The fourth-order valence-electron chi connectivity index (χ4n) is 3.36. The van der Waals surface area contributed by atoms with E-state index in [1.54, 1.807) is 0 Å². The Morgan fingerprint density at radius 1 is 0.486 bits per heavy atom. The quantitative estimate of drug-likeness (QED) is 0.182. The van der Waals surface area contributed by atoms with Gasteiger partial charge in [-0.15, -0.1) is 0 Å². The lowest BCUT2D eigenvalue weighted by atomic mass is 10.2. The summed E-state index contributed by atoms with van der Waals surface area (Å²) in [6, 6.07) is 10.5. The highest BCUT2D eigenvalue weighted by molar-refractivity contribution is 5.72. The van der Waals surface area contributed by atoms with Gasteiger partial charge in [0.05, 0.1) is 0 Å². The van der Waals surface area contributed by atoms with Crippen molar-refractivity contribution in [3.05, 3.63) is 54.6 Å². The number of phenolic OH excluding ortho intramolecular Hbond substituents is 7. The zero-order valence-electron chi connectivity index (χ0n) is 17.5. The number of aromatic hydroxyl groups is 7. The van der Waals surface area contributed by atoms with E-state index in [1.165, 1.54) is 18.2 Å². The minimum Gasteiger partial charge on any atom is -0.508 e. The molecule has 35 heavy (non-hydrogen) atoms. The normalized spacial score (nSPS) is 11.5. The predicted octanol–water partition coefficient (Wildman–Crippen LogP) is 5.11. The molecule has 0 saturated heterocycles. The zero-order chi connectivity index (χ0) is 24.9. The highest BCUT2D eigenvalue weighted by atomic mass is 16.6. The van der Waals surface area contributed by atoms with Crippen LogP contribution < -0.4 is 18.9 Å². The number of benzene rings is 4. The molecule has 0 saturated carbocycles. The van der Waals surface area contributed by atoms with Gasteiger partial charge in [-0.25, -0.2) is 0 Å². The van der Waals surface area contributed by atoms with Crippen LogP contribution in [0.2, 0.25) is 0 Å². The van der Waals surface area contributed by atoms with Crippen LogP contribution in [0.4, 0.5) is 0 Å². The van der Waals surface area contributed by atoms with Crippen LogP contribution in [0.25, 0.3) is 0 Å². The maximum atomic E-state index is 10.5. The molecule has 7 N–H and O–H groups in total. The Balaban J connectivity index is 1.52. The minimum absolute atomic E-state index is 0.0166. The molecule has 11 heteroatoms. The Hall–Kier alpha value is -5.32. The summed E-state index contributed by atoms with van der Waals surface area (Å²) in [5.41, 5.74) is 0. The van der Waals surface area contributed by atoms with Gasteiger partial charge in [0, 0.05) is 42.5 Å². The third-order valence-corrected chi connectivity index (χ3v) is 4.84. The first-order valence-electron chi connectivity index (χ1n) is 9.90. The van der Waals surface area contributed by atoms with Crippen molar-refractivity contribution in [3.8, 4) is 86.2 Å². The average molecular weight is 480 g/mol. The molecule has 0 aliphatic carbocycles. The summed E-state index contributed by atoms with van der Waals surface area (Å²) in [7, 11) is 0. The first kappa shape index (κ1) is 21.5. The molecule has 1 heterocycles. The van der Waals surface area contributed by atoms with Gasteiger partial charge in [-0.2, -0.15) is 0 Å². The van der Waals surface area contributed by atoms with Crippen molar-refractivity contribution < 1.29 is 54.7 Å². The molecule has 0 fully saturated rings. The van der Waals surface area contributed by atoms with E-state index in [0.717, 1.165) is 36.4 Å². The standard InChI is InChI=1S/C24H16O11/c25-10-1-2-19(15(28)6-10)32-14-7-16(29)21-20(8-14)34-23-18(31)9-17(30)22(24(23)35-21)33-13-4-11(26)3-12(27)5-13/h1-9,25-31H. The molecule has 0 amide bonds. The van der Waals surface area contributed by atoms with Gasteiger partial charge in [0.2, 0.25) is 23.0 Å². The largest absolute Gasteiger partial charge is 0.508 e. The van der Waals surface area contributed by atoms with E-state index < -0.39 is 17.2 Å². The fraction of sp³-hybridized carbons (Fsp3) is 0. The van der Waals surface area contributed by atoms with Gasteiger partial charge in [0.1, 0.15) is 28.7 Å². The Morgan fingerprint density at radius 3 is 1.89 bits per heavy atom. The third-order valence-electron chi connectivity index (χ3n) is 4.84. The molecule has 0 aromatic heterocycles. The molecule has 178 valence electrons. The maximum Gasteiger partial charge on any atom is 0.220 e. The molecule has 4 aromatic rings. The molecular weight excluding hydrogens is 464 g/mol. The van der Waals surface area contributed by atoms with E-state index in [4.69, 9.17) is 18.9 Å².